The molecule has 1 atom stereocenters. The number of benzene rings is 1. The first-order valence-corrected chi connectivity index (χ1v) is 6.31. The van der Waals surface area contributed by atoms with E-state index in [1.54, 1.807) is 23.5 Å². The van der Waals surface area contributed by atoms with Gasteiger partial charge in [-0.15, -0.1) is 11.3 Å². The van der Waals surface area contributed by atoms with Crippen molar-refractivity contribution in [3.05, 3.63) is 56.2 Å². The summed E-state index contributed by atoms with van der Waals surface area (Å²) >= 11 is 13.9. The van der Waals surface area contributed by atoms with Gasteiger partial charge in [-0.05, 0) is 23.6 Å². The fourth-order valence-corrected chi connectivity index (χ4v) is 2.96. The molecule has 1 unspecified atom stereocenters. The summed E-state index contributed by atoms with van der Waals surface area (Å²) in [7, 11) is 0. The number of hydrazine groups is 1. The Balaban J connectivity index is 2.49. The van der Waals surface area contributed by atoms with Crippen LogP contribution < -0.4 is 11.3 Å². The normalized spacial score (nSPS) is 12.7. The molecule has 0 aliphatic carbocycles. The molecule has 1 aromatic heterocycles. The summed E-state index contributed by atoms with van der Waals surface area (Å²) in [5.74, 6) is 5.57. The molecule has 0 fully saturated rings. The van der Waals surface area contributed by atoms with Gasteiger partial charge in [-0.1, -0.05) is 35.3 Å². The van der Waals surface area contributed by atoms with Crippen LogP contribution in [0.15, 0.2) is 35.7 Å². The summed E-state index contributed by atoms with van der Waals surface area (Å²) in [6.07, 6.45) is 0. The van der Waals surface area contributed by atoms with E-state index >= 15 is 0 Å². The molecule has 0 aliphatic heterocycles. The highest BCUT2D eigenvalue weighted by molar-refractivity contribution is 7.10. The van der Waals surface area contributed by atoms with Crippen molar-refractivity contribution in [2.24, 2.45) is 5.84 Å². The highest BCUT2D eigenvalue weighted by atomic mass is 35.5. The lowest BCUT2D eigenvalue weighted by molar-refractivity contribution is 0.647. The van der Waals surface area contributed by atoms with E-state index in [0.29, 0.717) is 10.0 Å². The van der Waals surface area contributed by atoms with E-state index in [9.17, 15) is 0 Å². The van der Waals surface area contributed by atoms with Gasteiger partial charge >= 0.3 is 0 Å². The smallest absolute Gasteiger partial charge is 0.0831 e. The van der Waals surface area contributed by atoms with Crippen molar-refractivity contribution in [1.29, 1.82) is 0 Å². The van der Waals surface area contributed by atoms with Crippen molar-refractivity contribution in [2.45, 2.75) is 6.04 Å². The Morgan fingerprint density at radius 3 is 2.31 bits per heavy atom. The Hall–Kier alpha value is -0.580. The average Bonchev–Trinajstić information content (AvgIpc) is 2.77. The molecule has 2 aromatic rings. The molecule has 0 bridgehead atoms. The highest BCUT2D eigenvalue weighted by Gasteiger charge is 2.19. The van der Waals surface area contributed by atoms with Gasteiger partial charge in [0.2, 0.25) is 0 Å². The van der Waals surface area contributed by atoms with Crippen LogP contribution in [0.1, 0.15) is 16.5 Å². The van der Waals surface area contributed by atoms with Gasteiger partial charge in [0.15, 0.2) is 0 Å². The predicted molar refractivity (Wildman–Crippen MR) is 69.9 cm³/mol. The van der Waals surface area contributed by atoms with Gasteiger partial charge in [-0.3, -0.25) is 5.84 Å². The number of thiophene rings is 1. The van der Waals surface area contributed by atoms with Crippen molar-refractivity contribution < 1.29 is 0 Å². The molecule has 16 heavy (non-hydrogen) atoms. The lowest BCUT2D eigenvalue weighted by atomic mass is 10.1. The summed E-state index contributed by atoms with van der Waals surface area (Å²) in [4.78, 5) is 1.08. The number of hydrogen-bond acceptors (Lipinski definition) is 3. The predicted octanol–water partition coefficient (Wildman–Crippen LogP) is 3.61. The van der Waals surface area contributed by atoms with Gasteiger partial charge in [0.1, 0.15) is 0 Å². The minimum atomic E-state index is -0.166. The van der Waals surface area contributed by atoms with Crippen LogP contribution in [0.4, 0.5) is 0 Å². The molecule has 1 aromatic carbocycles. The van der Waals surface area contributed by atoms with Crippen molar-refractivity contribution in [3.63, 3.8) is 0 Å². The highest BCUT2D eigenvalue weighted by Crippen LogP contribution is 2.35. The molecule has 84 valence electrons. The number of hydrogen-bond donors (Lipinski definition) is 2. The molecular weight excluding hydrogens is 263 g/mol. The average molecular weight is 273 g/mol. The molecule has 0 aliphatic rings. The second-order valence-electron chi connectivity index (χ2n) is 3.25. The van der Waals surface area contributed by atoms with Gasteiger partial charge in [0, 0.05) is 20.5 Å². The van der Waals surface area contributed by atoms with Crippen LogP contribution >= 0.6 is 34.5 Å². The molecular formula is C11H10Cl2N2S. The van der Waals surface area contributed by atoms with Crippen LogP contribution in [0.25, 0.3) is 0 Å². The fourth-order valence-electron chi connectivity index (χ4n) is 1.55. The third kappa shape index (κ3) is 2.24. The Kier molecular flexibility index (Phi) is 3.84. The summed E-state index contributed by atoms with van der Waals surface area (Å²) in [6.45, 7) is 0. The van der Waals surface area contributed by atoms with E-state index in [0.717, 1.165) is 10.4 Å². The second-order valence-corrected chi connectivity index (χ2v) is 5.04. The van der Waals surface area contributed by atoms with Gasteiger partial charge < -0.3 is 0 Å². The molecule has 0 saturated heterocycles. The van der Waals surface area contributed by atoms with Gasteiger partial charge in [-0.2, -0.15) is 0 Å². The van der Waals surface area contributed by atoms with Crippen LogP contribution in [0, 0.1) is 0 Å². The van der Waals surface area contributed by atoms with Crippen molar-refractivity contribution in [1.82, 2.24) is 5.43 Å². The van der Waals surface area contributed by atoms with Crippen molar-refractivity contribution >= 4 is 34.5 Å². The SMILES string of the molecule is NNC(c1cccs1)c1c(Cl)cccc1Cl. The summed E-state index contributed by atoms with van der Waals surface area (Å²) in [6, 6.07) is 9.22. The minimum Gasteiger partial charge on any atom is -0.271 e. The monoisotopic (exact) mass is 272 g/mol. The minimum absolute atomic E-state index is 0.166. The third-order valence-corrected chi connectivity index (χ3v) is 3.88. The van der Waals surface area contributed by atoms with Crippen LogP contribution in [-0.2, 0) is 0 Å². The standard InChI is InChI=1S/C11H10Cl2N2S/c12-7-3-1-4-8(13)10(7)11(15-14)9-5-2-6-16-9/h1-6,11,15H,14H2. The molecule has 2 nitrogen and oxygen atoms in total. The quantitative estimate of drug-likeness (QED) is 0.662. The number of nitrogens with one attached hydrogen (secondary N) is 1. The molecule has 0 spiro atoms. The van der Waals surface area contributed by atoms with Gasteiger partial charge in [0.05, 0.1) is 6.04 Å². The lowest BCUT2D eigenvalue weighted by Crippen LogP contribution is -2.28. The van der Waals surface area contributed by atoms with Crippen molar-refractivity contribution in [2.75, 3.05) is 0 Å². The van der Waals surface area contributed by atoms with Gasteiger partial charge in [0.25, 0.3) is 0 Å². The zero-order valence-corrected chi connectivity index (χ0v) is 10.6. The Morgan fingerprint density at radius 2 is 1.81 bits per heavy atom. The first-order valence-electron chi connectivity index (χ1n) is 4.67. The molecule has 1 heterocycles. The Bertz CT molecular complexity index is 451. The fraction of sp³-hybridized carbons (Fsp3) is 0.0909. The number of halogens is 2. The van der Waals surface area contributed by atoms with E-state index < -0.39 is 0 Å². The molecule has 0 saturated carbocycles. The summed E-state index contributed by atoms with van der Waals surface area (Å²) in [5, 5.41) is 3.22. The van der Waals surface area contributed by atoms with Crippen LogP contribution in [-0.4, -0.2) is 0 Å². The maximum absolute atomic E-state index is 6.14. The first kappa shape index (κ1) is 11.9. The lowest BCUT2D eigenvalue weighted by Gasteiger charge is -2.17. The topological polar surface area (TPSA) is 38.0 Å². The molecule has 0 radical (unpaired) electrons. The number of rotatable bonds is 3. The zero-order chi connectivity index (χ0) is 11.5. The van der Waals surface area contributed by atoms with E-state index in [4.69, 9.17) is 29.0 Å². The Labute approximate surface area is 108 Å². The maximum Gasteiger partial charge on any atom is 0.0831 e. The molecule has 3 N–H and O–H groups in total. The first-order chi connectivity index (χ1) is 7.74. The number of nitrogens with two attached hydrogens (primary N) is 1. The van der Waals surface area contributed by atoms with E-state index in [1.807, 2.05) is 23.6 Å². The van der Waals surface area contributed by atoms with Crippen LogP contribution in [0.2, 0.25) is 10.0 Å². The van der Waals surface area contributed by atoms with E-state index in [-0.39, 0.29) is 6.04 Å². The summed E-state index contributed by atoms with van der Waals surface area (Å²) < 4.78 is 0. The van der Waals surface area contributed by atoms with E-state index in [2.05, 4.69) is 5.43 Å². The van der Waals surface area contributed by atoms with E-state index in [1.165, 1.54) is 0 Å². The maximum atomic E-state index is 6.14. The van der Waals surface area contributed by atoms with Crippen LogP contribution in [0.3, 0.4) is 0 Å². The largest absolute Gasteiger partial charge is 0.271 e. The molecule has 2 rings (SSSR count). The summed E-state index contributed by atoms with van der Waals surface area (Å²) in [5.41, 5.74) is 3.56. The van der Waals surface area contributed by atoms with Crippen LogP contribution in [0.5, 0.6) is 0 Å². The second kappa shape index (κ2) is 5.17. The molecule has 5 heteroatoms. The third-order valence-electron chi connectivity index (χ3n) is 2.28. The molecule has 0 amide bonds. The van der Waals surface area contributed by atoms with Crippen molar-refractivity contribution in [3.8, 4) is 0 Å². The Morgan fingerprint density at radius 1 is 1.12 bits per heavy atom. The zero-order valence-electron chi connectivity index (χ0n) is 8.28. The van der Waals surface area contributed by atoms with Gasteiger partial charge in [-0.25, -0.2) is 5.43 Å².